The summed E-state index contributed by atoms with van der Waals surface area (Å²) in [6.45, 7) is 3.14. The van der Waals surface area contributed by atoms with Gasteiger partial charge in [0.05, 0.1) is 24.0 Å². The van der Waals surface area contributed by atoms with E-state index in [4.69, 9.17) is 9.47 Å². The van der Waals surface area contributed by atoms with Gasteiger partial charge in [0.15, 0.2) is 11.5 Å². The lowest BCUT2D eigenvalue weighted by Crippen LogP contribution is -2.40. The van der Waals surface area contributed by atoms with E-state index in [1.165, 1.54) is 6.42 Å². The van der Waals surface area contributed by atoms with Gasteiger partial charge >= 0.3 is 0 Å². The van der Waals surface area contributed by atoms with Gasteiger partial charge in [0.2, 0.25) is 5.91 Å². The molecule has 1 saturated carbocycles. The molecular formula is C25H28N4O4. The van der Waals surface area contributed by atoms with Gasteiger partial charge in [-0.1, -0.05) is 25.5 Å². The van der Waals surface area contributed by atoms with Crippen molar-refractivity contribution in [1.82, 2.24) is 14.9 Å². The van der Waals surface area contributed by atoms with Crippen LogP contribution in [0.4, 0.5) is 5.69 Å². The Morgan fingerprint density at radius 2 is 1.91 bits per heavy atom. The number of aromatic amines is 1. The Bertz CT molecular complexity index is 1230. The molecule has 1 spiro atoms. The number of carbonyl (C=O) groups is 1. The quantitative estimate of drug-likeness (QED) is 0.595. The number of anilines is 1. The van der Waals surface area contributed by atoms with Crippen LogP contribution in [0.5, 0.6) is 11.5 Å². The van der Waals surface area contributed by atoms with E-state index in [9.17, 15) is 9.59 Å². The smallest absolute Gasteiger partial charge is 0.258 e. The van der Waals surface area contributed by atoms with Crippen LogP contribution in [0.15, 0.2) is 47.3 Å². The zero-order chi connectivity index (χ0) is 22.8. The van der Waals surface area contributed by atoms with Crippen molar-refractivity contribution in [1.29, 1.82) is 0 Å². The number of H-pyrrole nitrogens is 1. The number of hydrogen-bond acceptors (Lipinski definition) is 6. The van der Waals surface area contributed by atoms with Gasteiger partial charge < -0.3 is 19.8 Å². The fourth-order valence-electron chi connectivity index (χ4n) is 4.57. The molecular weight excluding hydrogens is 420 g/mol. The third-order valence-electron chi connectivity index (χ3n) is 6.28. The number of amides is 1. The van der Waals surface area contributed by atoms with Crippen LogP contribution in [-0.2, 0) is 11.3 Å². The summed E-state index contributed by atoms with van der Waals surface area (Å²) in [6.07, 6.45) is 5.19. The topological polar surface area (TPSA) is 96.6 Å². The minimum absolute atomic E-state index is 0.147. The first kappa shape index (κ1) is 21.5. The predicted octanol–water partition coefficient (Wildman–Crippen LogP) is 3.82. The maximum atomic E-state index is 12.7. The fraction of sp³-hybridized carbons (Fsp3) is 0.400. The number of para-hydroxylation sites is 1. The van der Waals surface area contributed by atoms with E-state index in [0.29, 0.717) is 41.3 Å². The van der Waals surface area contributed by atoms with Crippen molar-refractivity contribution >= 4 is 22.5 Å². The van der Waals surface area contributed by atoms with Crippen molar-refractivity contribution in [2.24, 2.45) is 0 Å². The Labute approximate surface area is 191 Å². The summed E-state index contributed by atoms with van der Waals surface area (Å²) in [5.74, 6) is 1.27. The normalized spacial score (nSPS) is 16.4. The fourth-order valence-corrected chi connectivity index (χ4v) is 4.57. The molecule has 0 atom stereocenters. The lowest BCUT2D eigenvalue weighted by molar-refractivity contribution is -0.117. The zero-order valence-electron chi connectivity index (χ0n) is 18.7. The predicted molar refractivity (Wildman–Crippen MR) is 125 cm³/mol. The van der Waals surface area contributed by atoms with Crippen molar-refractivity contribution in [3.8, 4) is 11.5 Å². The Morgan fingerprint density at radius 3 is 2.73 bits per heavy atom. The molecule has 3 aromatic rings. The van der Waals surface area contributed by atoms with Crippen molar-refractivity contribution in [2.45, 2.75) is 51.4 Å². The van der Waals surface area contributed by atoms with Crippen molar-refractivity contribution in [2.75, 3.05) is 18.4 Å². The van der Waals surface area contributed by atoms with Crippen LogP contribution >= 0.6 is 0 Å². The molecule has 8 nitrogen and oxygen atoms in total. The number of aromatic nitrogens is 2. The lowest BCUT2D eigenvalue weighted by Gasteiger charge is -2.31. The number of ether oxygens (including phenoxy) is 2. The molecule has 0 radical (unpaired) electrons. The second kappa shape index (κ2) is 8.86. The summed E-state index contributed by atoms with van der Waals surface area (Å²) in [6, 6.07) is 12.7. The van der Waals surface area contributed by atoms with E-state index < -0.39 is 5.79 Å². The summed E-state index contributed by atoms with van der Waals surface area (Å²) >= 11 is 0. The third kappa shape index (κ3) is 4.57. The molecule has 8 heteroatoms. The number of nitrogens with zero attached hydrogens (tertiary/aromatic N) is 2. The molecule has 1 fully saturated rings. The summed E-state index contributed by atoms with van der Waals surface area (Å²) in [7, 11) is 0. The molecule has 1 amide bonds. The Morgan fingerprint density at radius 1 is 1.12 bits per heavy atom. The Kier molecular flexibility index (Phi) is 5.76. The largest absolute Gasteiger partial charge is 0.448 e. The van der Waals surface area contributed by atoms with Crippen LogP contribution in [0, 0.1) is 0 Å². The molecule has 2 aliphatic rings. The van der Waals surface area contributed by atoms with Gasteiger partial charge in [-0.2, -0.15) is 0 Å². The maximum Gasteiger partial charge on any atom is 0.258 e. The molecule has 33 heavy (non-hydrogen) atoms. The minimum atomic E-state index is -0.536. The standard InChI is InChI=1S/C25H28N4O4/c1-2-29(15-22-27-19-9-5-4-8-18(19)24(31)28-22)16-23(30)26-17-10-11-20-21(14-17)33-25(32-20)12-6-3-7-13-25/h4-5,8-11,14H,2-3,6-7,12-13,15-16H2,1H3,(H,26,30)(H,27,28,31). The van der Waals surface area contributed by atoms with Gasteiger partial charge in [0.1, 0.15) is 5.82 Å². The van der Waals surface area contributed by atoms with Gasteiger partial charge in [-0.05, 0) is 43.7 Å². The zero-order valence-corrected chi connectivity index (χ0v) is 18.7. The first-order valence-electron chi connectivity index (χ1n) is 11.6. The number of fused-ring (bicyclic) bond motifs is 2. The highest BCUT2D eigenvalue weighted by Gasteiger charge is 2.42. The Balaban J connectivity index is 1.23. The molecule has 5 rings (SSSR count). The molecule has 0 saturated heterocycles. The number of likely N-dealkylation sites (N-methyl/N-ethyl adjacent to an activating group) is 1. The SMILES string of the molecule is CCN(CC(=O)Nc1ccc2c(c1)OC1(CCCCC1)O2)Cc1nc2ccccc2c(=O)[nH]1. The van der Waals surface area contributed by atoms with E-state index >= 15 is 0 Å². The van der Waals surface area contributed by atoms with E-state index in [0.717, 1.165) is 31.4 Å². The Hall–Kier alpha value is -3.39. The number of rotatable bonds is 6. The number of carbonyl (C=O) groups excluding carboxylic acids is 1. The van der Waals surface area contributed by atoms with E-state index in [1.807, 2.05) is 48.2 Å². The molecule has 0 bridgehead atoms. The van der Waals surface area contributed by atoms with Gasteiger partial charge in [-0.15, -0.1) is 0 Å². The molecule has 1 aromatic heterocycles. The van der Waals surface area contributed by atoms with Gasteiger partial charge in [0.25, 0.3) is 11.3 Å². The highest BCUT2D eigenvalue weighted by molar-refractivity contribution is 5.92. The van der Waals surface area contributed by atoms with Crippen LogP contribution in [0.3, 0.4) is 0 Å². The molecule has 2 heterocycles. The van der Waals surface area contributed by atoms with Crippen LogP contribution in [-0.4, -0.2) is 39.7 Å². The third-order valence-corrected chi connectivity index (χ3v) is 6.28. The maximum absolute atomic E-state index is 12.7. The number of benzene rings is 2. The summed E-state index contributed by atoms with van der Waals surface area (Å²) in [4.78, 5) is 34.3. The average Bonchev–Trinajstić information content (AvgIpc) is 3.15. The van der Waals surface area contributed by atoms with Crippen LogP contribution in [0.25, 0.3) is 10.9 Å². The van der Waals surface area contributed by atoms with Crippen LogP contribution < -0.4 is 20.3 Å². The summed E-state index contributed by atoms with van der Waals surface area (Å²) in [5, 5.41) is 3.50. The average molecular weight is 449 g/mol. The van der Waals surface area contributed by atoms with E-state index in [-0.39, 0.29) is 18.0 Å². The number of nitrogens with one attached hydrogen (secondary N) is 2. The molecule has 0 unspecified atom stereocenters. The number of hydrogen-bond donors (Lipinski definition) is 2. The molecule has 1 aliphatic heterocycles. The van der Waals surface area contributed by atoms with Crippen LogP contribution in [0.1, 0.15) is 44.9 Å². The minimum Gasteiger partial charge on any atom is -0.448 e. The second-order valence-electron chi connectivity index (χ2n) is 8.72. The highest BCUT2D eigenvalue weighted by atomic mass is 16.7. The van der Waals surface area contributed by atoms with E-state index in [1.54, 1.807) is 6.07 Å². The van der Waals surface area contributed by atoms with Crippen molar-refractivity contribution in [3.05, 3.63) is 58.6 Å². The van der Waals surface area contributed by atoms with E-state index in [2.05, 4.69) is 15.3 Å². The molecule has 2 aromatic carbocycles. The van der Waals surface area contributed by atoms with Gasteiger partial charge in [-0.3, -0.25) is 14.5 Å². The van der Waals surface area contributed by atoms with Gasteiger partial charge in [0, 0.05) is 24.6 Å². The molecule has 172 valence electrons. The second-order valence-corrected chi connectivity index (χ2v) is 8.72. The van der Waals surface area contributed by atoms with Crippen LogP contribution in [0.2, 0.25) is 0 Å². The monoisotopic (exact) mass is 448 g/mol. The van der Waals surface area contributed by atoms with Gasteiger partial charge in [-0.25, -0.2) is 4.98 Å². The van der Waals surface area contributed by atoms with Crippen molar-refractivity contribution < 1.29 is 14.3 Å². The molecule has 2 N–H and O–H groups in total. The molecule has 1 aliphatic carbocycles. The first-order valence-corrected chi connectivity index (χ1v) is 11.6. The summed E-state index contributed by atoms with van der Waals surface area (Å²) < 4.78 is 12.3. The highest BCUT2D eigenvalue weighted by Crippen LogP contribution is 2.46. The first-order chi connectivity index (χ1) is 16.0. The lowest BCUT2D eigenvalue weighted by atomic mass is 9.94. The summed E-state index contributed by atoms with van der Waals surface area (Å²) in [5.41, 5.74) is 1.14. The van der Waals surface area contributed by atoms with Crippen molar-refractivity contribution in [3.63, 3.8) is 0 Å².